The molecule has 1 amide bonds. The largest absolute Gasteiger partial charge is 0.497 e. The third-order valence-corrected chi connectivity index (χ3v) is 7.58. The van der Waals surface area contributed by atoms with Gasteiger partial charge in [0.25, 0.3) is 0 Å². The molecule has 4 aromatic rings. The van der Waals surface area contributed by atoms with Gasteiger partial charge in [0.15, 0.2) is 0 Å². The molecule has 3 aromatic carbocycles. The molecule has 0 aliphatic carbocycles. The number of benzene rings is 3. The number of aromatic nitrogens is 2. The number of β-amino-alcohol motifs (C(OH)–C–C–N with tert-alkyl or cyclic N) is 1. The number of nitrogens with one attached hydrogen (secondary N) is 2. The molecule has 1 aliphatic heterocycles. The standard InChI is InChI=1S/C30H33N5O4S/c1-38-24-14-12-21(13-15-24)16-25-28(26(36)17-31-25)39-30(37)32-29-34-33-27(40-29)20-35(18-22-8-4-2-5-9-22)19-23-10-6-3-7-11-23/h2-15,25-26,28,31,36H,16-20H2,1H3,(H,32,34,37)/t25-,26+,28+/m1/s1. The first-order chi connectivity index (χ1) is 19.6. The molecule has 3 N–H and O–H groups in total. The number of amides is 1. The number of nitrogens with zero attached hydrogens (tertiary/aromatic N) is 3. The van der Waals surface area contributed by atoms with Gasteiger partial charge in [0.1, 0.15) is 23.0 Å². The zero-order valence-electron chi connectivity index (χ0n) is 22.3. The van der Waals surface area contributed by atoms with E-state index in [1.807, 2.05) is 60.7 Å². The molecule has 10 heteroatoms. The van der Waals surface area contributed by atoms with Crippen LogP contribution in [-0.4, -0.2) is 58.2 Å². The lowest BCUT2D eigenvalue weighted by atomic mass is 10.0. The van der Waals surface area contributed by atoms with Gasteiger partial charge in [-0.25, -0.2) is 4.79 Å². The van der Waals surface area contributed by atoms with Gasteiger partial charge in [-0.05, 0) is 35.2 Å². The zero-order chi connectivity index (χ0) is 27.7. The summed E-state index contributed by atoms with van der Waals surface area (Å²) in [6.45, 7) is 2.43. The average Bonchev–Trinajstić information content (AvgIpc) is 3.55. The van der Waals surface area contributed by atoms with Crippen LogP contribution in [0.15, 0.2) is 84.9 Å². The summed E-state index contributed by atoms with van der Waals surface area (Å²) < 4.78 is 10.9. The van der Waals surface area contributed by atoms with Crippen LogP contribution < -0.4 is 15.4 Å². The molecule has 9 nitrogen and oxygen atoms in total. The summed E-state index contributed by atoms with van der Waals surface area (Å²) in [7, 11) is 1.62. The zero-order valence-corrected chi connectivity index (χ0v) is 23.1. The highest BCUT2D eigenvalue weighted by molar-refractivity contribution is 7.15. The van der Waals surface area contributed by atoms with Crippen molar-refractivity contribution in [2.24, 2.45) is 0 Å². The van der Waals surface area contributed by atoms with E-state index < -0.39 is 18.3 Å². The maximum Gasteiger partial charge on any atom is 0.413 e. The van der Waals surface area contributed by atoms with E-state index in [1.54, 1.807) is 7.11 Å². The number of anilines is 1. The smallest absolute Gasteiger partial charge is 0.413 e. The van der Waals surface area contributed by atoms with Gasteiger partial charge in [-0.15, -0.1) is 10.2 Å². The first kappa shape index (κ1) is 27.7. The van der Waals surface area contributed by atoms with Crippen molar-refractivity contribution in [2.75, 3.05) is 19.0 Å². The van der Waals surface area contributed by atoms with Crippen molar-refractivity contribution in [1.29, 1.82) is 0 Å². The maximum absolute atomic E-state index is 12.7. The molecular formula is C30H33N5O4S. The molecular weight excluding hydrogens is 526 g/mol. The Morgan fingerprint density at radius 2 is 1.60 bits per heavy atom. The molecule has 1 aromatic heterocycles. The summed E-state index contributed by atoms with van der Waals surface area (Å²) in [6.07, 6.45) is -1.56. The lowest BCUT2D eigenvalue weighted by Crippen LogP contribution is -2.39. The van der Waals surface area contributed by atoms with Gasteiger partial charge in [0.05, 0.1) is 19.7 Å². The van der Waals surface area contributed by atoms with Crippen molar-refractivity contribution in [1.82, 2.24) is 20.4 Å². The second-order valence-electron chi connectivity index (χ2n) is 9.75. The normalized spacial score (nSPS) is 18.5. The molecule has 5 rings (SSSR count). The lowest BCUT2D eigenvalue weighted by molar-refractivity contribution is 0.0254. The molecule has 1 saturated heterocycles. The first-order valence-electron chi connectivity index (χ1n) is 13.2. The number of carbonyl (C=O) groups is 1. The van der Waals surface area contributed by atoms with Gasteiger partial charge < -0.3 is 19.9 Å². The van der Waals surface area contributed by atoms with Crippen LogP contribution in [0, 0.1) is 0 Å². The minimum absolute atomic E-state index is 0.219. The molecule has 0 saturated carbocycles. The van der Waals surface area contributed by atoms with Crippen LogP contribution in [0.3, 0.4) is 0 Å². The van der Waals surface area contributed by atoms with Crippen molar-refractivity contribution < 1.29 is 19.4 Å². The van der Waals surface area contributed by atoms with E-state index in [-0.39, 0.29) is 6.04 Å². The SMILES string of the molecule is COc1ccc(C[C@H]2NC[C@H](O)[C@H]2OC(=O)Nc2nnc(CN(Cc3ccccc3)Cc3ccccc3)s2)cc1. The Labute approximate surface area is 237 Å². The molecule has 40 heavy (non-hydrogen) atoms. The van der Waals surface area contributed by atoms with Gasteiger partial charge in [0.2, 0.25) is 5.13 Å². The highest BCUT2D eigenvalue weighted by Crippen LogP contribution is 2.22. The van der Waals surface area contributed by atoms with E-state index >= 15 is 0 Å². The summed E-state index contributed by atoms with van der Waals surface area (Å²) in [4.78, 5) is 15.0. The third kappa shape index (κ3) is 7.64. The Morgan fingerprint density at radius 1 is 0.950 bits per heavy atom. The fourth-order valence-corrected chi connectivity index (χ4v) is 5.56. The van der Waals surface area contributed by atoms with Crippen molar-refractivity contribution >= 4 is 22.6 Å². The second-order valence-corrected chi connectivity index (χ2v) is 10.8. The highest BCUT2D eigenvalue weighted by atomic mass is 32.1. The summed E-state index contributed by atoms with van der Waals surface area (Å²) in [5.41, 5.74) is 3.46. The van der Waals surface area contributed by atoms with Crippen LogP contribution in [0.1, 0.15) is 21.7 Å². The number of ether oxygens (including phenoxy) is 2. The first-order valence-corrected chi connectivity index (χ1v) is 14.0. The van der Waals surface area contributed by atoms with E-state index in [0.717, 1.165) is 29.4 Å². The molecule has 0 radical (unpaired) electrons. The number of aliphatic hydroxyl groups excluding tert-OH is 1. The van der Waals surface area contributed by atoms with Crippen LogP contribution in [0.25, 0.3) is 0 Å². The quantitative estimate of drug-likeness (QED) is 0.250. The predicted molar refractivity (Wildman–Crippen MR) is 154 cm³/mol. The minimum Gasteiger partial charge on any atom is -0.497 e. The van der Waals surface area contributed by atoms with Crippen molar-refractivity contribution in [3.63, 3.8) is 0 Å². The molecule has 1 aliphatic rings. The van der Waals surface area contributed by atoms with Crippen LogP contribution in [0.2, 0.25) is 0 Å². The van der Waals surface area contributed by atoms with Crippen LogP contribution in [0.4, 0.5) is 9.93 Å². The summed E-state index contributed by atoms with van der Waals surface area (Å²) in [5, 5.41) is 26.0. The molecule has 2 heterocycles. The number of methoxy groups -OCH3 is 1. The number of aliphatic hydroxyl groups is 1. The van der Waals surface area contributed by atoms with E-state index in [2.05, 4.69) is 50.0 Å². The molecule has 0 bridgehead atoms. The number of carbonyl (C=O) groups excluding carboxylic acids is 1. The Kier molecular flexibility index (Phi) is 9.35. The number of hydrogen-bond acceptors (Lipinski definition) is 9. The number of hydrogen-bond donors (Lipinski definition) is 3. The van der Waals surface area contributed by atoms with Crippen LogP contribution >= 0.6 is 11.3 Å². The van der Waals surface area contributed by atoms with Crippen molar-refractivity contribution in [2.45, 2.75) is 44.3 Å². The fourth-order valence-electron chi connectivity index (χ4n) is 4.79. The Hall–Kier alpha value is -3.83. The van der Waals surface area contributed by atoms with Gasteiger partial charge >= 0.3 is 6.09 Å². The molecule has 3 atom stereocenters. The lowest BCUT2D eigenvalue weighted by Gasteiger charge is -2.22. The Balaban J connectivity index is 1.18. The Bertz CT molecular complexity index is 1310. The highest BCUT2D eigenvalue weighted by Gasteiger charge is 2.38. The van der Waals surface area contributed by atoms with Gasteiger partial charge in [0, 0.05) is 19.6 Å². The van der Waals surface area contributed by atoms with E-state index in [4.69, 9.17) is 9.47 Å². The van der Waals surface area contributed by atoms with E-state index in [0.29, 0.717) is 24.6 Å². The summed E-state index contributed by atoms with van der Waals surface area (Å²) in [5.74, 6) is 0.773. The molecule has 0 spiro atoms. The van der Waals surface area contributed by atoms with E-state index in [1.165, 1.54) is 22.5 Å². The second kappa shape index (κ2) is 13.5. The minimum atomic E-state index is -0.802. The summed E-state index contributed by atoms with van der Waals surface area (Å²) >= 11 is 1.31. The van der Waals surface area contributed by atoms with Crippen molar-refractivity contribution in [3.05, 3.63) is 107 Å². The third-order valence-electron chi connectivity index (χ3n) is 6.76. The monoisotopic (exact) mass is 559 g/mol. The molecule has 1 fully saturated rings. The number of rotatable bonds is 11. The predicted octanol–water partition coefficient (Wildman–Crippen LogP) is 4.24. The summed E-state index contributed by atoms with van der Waals surface area (Å²) in [6, 6.07) is 28.1. The van der Waals surface area contributed by atoms with Crippen molar-refractivity contribution in [3.8, 4) is 5.75 Å². The molecule has 208 valence electrons. The van der Waals surface area contributed by atoms with Gasteiger partial charge in [-0.3, -0.25) is 10.2 Å². The van der Waals surface area contributed by atoms with Crippen LogP contribution in [-0.2, 0) is 30.8 Å². The van der Waals surface area contributed by atoms with Gasteiger partial charge in [-0.1, -0.05) is 84.1 Å². The maximum atomic E-state index is 12.7. The average molecular weight is 560 g/mol. The topological polar surface area (TPSA) is 109 Å². The molecule has 0 unspecified atom stereocenters. The van der Waals surface area contributed by atoms with Gasteiger partial charge in [-0.2, -0.15) is 0 Å². The fraction of sp³-hybridized carbons (Fsp3) is 0.300. The van der Waals surface area contributed by atoms with E-state index in [9.17, 15) is 9.90 Å². The Morgan fingerprint density at radius 3 is 2.23 bits per heavy atom. The van der Waals surface area contributed by atoms with Crippen LogP contribution in [0.5, 0.6) is 5.75 Å².